The van der Waals surface area contributed by atoms with Gasteiger partial charge in [-0.2, -0.15) is 0 Å². The smallest absolute Gasteiger partial charge is 0.164 e. The third-order valence-electron chi connectivity index (χ3n) is 9.14. The Morgan fingerprint density at radius 2 is 1.06 bits per heavy atom. The molecule has 0 spiro atoms. The van der Waals surface area contributed by atoms with Crippen LogP contribution in [-0.2, 0) is 0 Å². The Kier molecular flexibility index (Phi) is 6.01. The first-order chi connectivity index (χ1) is 23.8. The molecule has 0 aliphatic heterocycles. The summed E-state index contributed by atoms with van der Waals surface area (Å²) in [6.07, 6.45) is 0. The van der Waals surface area contributed by atoms with Crippen LogP contribution >= 0.6 is 11.3 Å². The Morgan fingerprint density at radius 3 is 1.83 bits per heavy atom. The van der Waals surface area contributed by atoms with Crippen molar-refractivity contribution in [1.82, 2.24) is 15.0 Å². The molecule has 4 nitrogen and oxygen atoms in total. The van der Waals surface area contributed by atoms with Crippen LogP contribution in [-0.4, -0.2) is 15.0 Å². The highest BCUT2D eigenvalue weighted by atomic mass is 32.1. The Morgan fingerprint density at radius 1 is 0.417 bits per heavy atom. The van der Waals surface area contributed by atoms with Crippen LogP contribution in [0.2, 0.25) is 0 Å². The number of rotatable bonds is 4. The minimum Gasteiger partial charge on any atom is -0.455 e. The van der Waals surface area contributed by atoms with E-state index in [9.17, 15) is 0 Å². The van der Waals surface area contributed by atoms with Crippen LogP contribution < -0.4 is 0 Å². The van der Waals surface area contributed by atoms with Crippen LogP contribution in [0.1, 0.15) is 0 Å². The van der Waals surface area contributed by atoms with Crippen molar-refractivity contribution in [2.75, 3.05) is 0 Å². The zero-order valence-electron chi connectivity index (χ0n) is 25.6. The maximum absolute atomic E-state index is 6.78. The first-order valence-corrected chi connectivity index (χ1v) is 16.8. The number of aromatic nitrogens is 3. The van der Waals surface area contributed by atoms with Gasteiger partial charge in [0.1, 0.15) is 11.2 Å². The molecule has 3 aromatic heterocycles. The van der Waals surface area contributed by atoms with Gasteiger partial charge in [0.2, 0.25) is 0 Å². The molecule has 10 rings (SSSR count). The first kappa shape index (κ1) is 27.0. The lowest BCUT2D eigenvalue weighted by molar-refractivity contribution is 0.670. The van der Waals surface area contributed by atoms with Gasteiger partial charge in [0.15, 0.2) is 17.5 Å². The van der Waals surface area contributed by atoms with Crippen LogP contribution in [0.3, 0.4) is 0 Å². The van der Waals surface area contributed by atoms with E-state index in [1.54, 1.807) is 0 Å². The highest BCUT2D eigenvalue weighted by Crippen LogP contribution is 2.46. The van der Waals surface area contributed by atoms with Crippen molar-refractivity contribution < 1.29 is 4.42 Å². The van der Waals surface area contributed by atoms with Crippen molar-refractivity contribution in [3.8, 4) is 45.3 Å². The molecule has 0 saturated heterocycles. The summed E-state index contributed by atoms with van der Waals surface area (Å²) in [4.78, 5) is 15.1. The monoisotopic (exact) mass is 631 g/mol. The fourth-order valence-corrected chi connectivity index (χ4v) is 8.20. The molecule has 0 fully saturated rings. The summed E-state index contributed by atoms with van der Waals surface area (Å²) in [6, 6.07) is 52.5. The summed E-state index contributed by atoms with van der Waals surface area (Å²) in [5.41, 5.74) is 6.61. The van der Waals surface area contributed by atoms with E-state index in [1.807, 2.05) is 84.1 Å². The molecule has 3 heterocycles. The molecular weight excluding hydrogens is 607 g/mol. The number of hydrogen-bond acceptors (Lipinski definition) is 5. The quantitative estimate of drug-likeness (QED) is 0.194. The van der Waals surface area contributed by atoms with Crippen molar-refractivity contribution in [3.63, 3.8) is 0 Å². The molecule has 0 N–H and O–H groups in total. The predicted octanol–water partition coefficient (Wildman–Crippen LogP) is 12.0. The lowest BCUT2D eigenvalue weighted by atomic mass is 9.93. The highest BCUT2D eigenvalue weighted by molar-refractivity contribution is 7.26. The molecule has 0 atom stereocenters. The summed E-state index contributed by atoms with van der Waals surface area (Å²) in [5, 5.41) is 7.03. The third kappa shape index (κ3) is 4.18. The van der Waals surface area contributed by atoms with Gasteiger partial charge in [-0.15, -0.1) is 11.3 Å². The van der Waals surface area contributed by atoms with Crippen molar-refractivity contribution in [1.29, 1.82) is 0 Å². The minimum atomic E-state index is 0.607. The maximum atomic E-state index is 6.78. The number of hydrogen-bond donors (Lipinski definition) is 0. The van der Waals surface area contributed by atoms with Gasteiger partial charge < -0.3 is 4.42 Å². The largest absolute Gasteiger partial charge is 0.455 e. The zero-order chi connectivity index (χ0) is 31.6. The molecule has 48 heavy (non-hydrogen) atoms. The standard InChI is InChI=1S/C43H25N3OS/c1-3-12-27(13-4-1)41-44-42(28-14-5-2-6-15-28)46-43(45-41)34-25-24-31(39-38(34)33-18-7-9-20-35(33)47-39)30-19-11-16-26-22-23-32-29-17-8-10-21-36(29)48-40(32)37(26)30/h1-25H. The SMILES string of the molecule is c1ccc(-c2nc(-c3ccccc3)nc(-c3ccc(-c4cccc5ccc6c7ccccc7sc6c45)c4oc5ccccc5c34)n2)cc1. The van der Waals surface area contributed by atoms with E-state index in [0.717, 1.165) is 49.8 Å². The van der Waals surface area contributed by atoms with Gasteiger partial charge in [0.05, 0.1) is 0 Å². The molecule has 0 amide bonds. The van der Waals surface area contributed by atoms with Gasteiger partial charge in [0.25, 0.3) is 0 Å². The first-order valence-electron chi connectivity index (χ1n) is 15.9. The number of furan rings is 1. The molecule has 0 aliphatic rings. The number of para-hydroxylation sites is 1. The second kappa shape index (κ2) is 10.7. The second-order valence-electron chi connectivity index (χ2n) is 11.9. The number of thiophene rings is 1. The normalized spacial score (nSPS) is 11.8. The zero-order valence-corrected chi connectivity index (χ0v) is 26.4. The van der Waals surface area contributed by atoms with E-state index in [2.05, 4.69) is 78.9 Å². The Hall–Kier alpha value is -6.17. The van der Waals surface area contributed by atoms with Crippen molar-refractivity contribution >= 4 is 64.2 Å². The van der Waals surface area contributed by atoms with Crippen LogP contribution in [0, 0.1) is 0 Å². The fourth-order valence-electron chi connectivity index (χ4n) is 6.93. The van der Waals surface area contributed by atoms with Gasteiger partial charge in [0, 0.05) is 58.6 Å². The summed E-state index contributed by atoms with van der Waals surface area (Å²) < 4.78 is 9.36. The van der Waals surface area contributed by atoms with Crippen LogP contribution in [0.5, 0.6) is 0 Å². The topological polar surface area (TPSA) is 51.8 Å². The minimum absolute atomic E-state index is 0.607. The van der Waals surface area contributed by atoms with E-state index in [-0.39, 0.29) is 0 Å². The van der Waals surface area contributed by atoms with E-state index in [4.69, 9.17) is 19.4 Å². The molecular formula is C43H25N3OS. The molecule has 0 bridgehead atoms. The van der Waals surface area contributed by atoms with E-state index >= 15 is 0 Å². The fraction of sp³-hybridized carbons (Fsp3) is 0. The van der Waals surface area contributed by atoms with Gasteiger partial charge >= 0.3 is 0 Å². The molecule has 0 saturated carbocycles. The Labute approximate surface area is 279 Å². The summed E-state index contributed by atoms with van der Waals surface area (Å²) in [6.45, 7) is 0. The summed E-state index contributed by atoms with van der Waals surface area (Å²) in [7, 11) is 0. The average molecular weight is 632 g/mol. The Balaban J connectivity index is 1.28. The van der Waals surface area contributed by atoms with Crippen LogP contribution in [0.4, 0.5) is 0 Å². The van der Waals surface area contributed by atoms with Crippen LogP contribution in [0.25, 0.3) is 98.2 Å². The maximum Gasteiger partial charge on any atom is 0.164 e. The molecule has 10 aromatic rings. The van der Waals surface area contributed by atoms with Crippen LogP contribution in [0.15, 0.2) is 156 Å². The molecule has 0 aliphatic carbocycles. The lowest BCUT2D eigenvalue weighted by Gasteiger charge is -2.12. The molecule has 7 aromatic carbocycles. The van der Waals surface area contributed by atoms with E-state index in [0.29, 0.717) is 17.5 Å². The second-order valence-corrected chi connectivity index (χ2v) is 13.0. The van der Waals surface area contributed by atoms with Crippen molar-refractivity contribution in [2.24, 2.45) is 0 Å². The van der Waals surface area contributed by atoms with E-state index in [1.165, 1.54) is 30.9 Å². The molecule has 0 radical (unpaired) electrons. The number of nitrogens with zero attached hydrogens (tertiary/aromatic N) is 3. The summed E-state index contributed by atoms with van der Waals surface area (Å²) >= 11 is 1.85. The van der Waals surface area contributed by atoms with Crippen molar-refractivity contribution in [2.45, 2.75) is 0 Å². The molecule has 5 heteroatoms. The van der Waals surface area contributed by atoms with Gasteiger partial charge in [-0.1, -0.05) is 127 Å². The van der Waals surface area contributed by atoms with Gasteiger partial charge in [-0.05, 0) is 35.2 Å². The van der Waals surface area contributed by atoms with E-state index < -0.39 is 0 Å². The molecule has 224 valence electrons. The number of benzene rings is 7. The van der Waals surface area contributed by atoms with Gasteiger partial charge in [-0.3, -0.25) is 0 Å². The average Bonchev–Trinajstić information content (AvgIpc) is 3.74. The molecule has 0 unspecified atom stereocenters. The Bertz CT molecular complexity index is 2780. The van der Waals surface area contributed by atoms with Gasteiger partial charge in [-0.25, -0.2) is 15.0 Å². The highest BCUT2D eigenvalue weighted by Gasteiger charge is 2.22. The predicted molar refractivity (Wildman–Crippen MR) is 199 cm³/mol. The summed E-state index contributed by atoms with van der Waals surface area (Å²) in [5.74, 6) is 1.87. The third-order valence-corrected chi connectivity index (χ3v) is 10.3. The lowest BCUT2D eigenvalue weighted by Crippen LogP contribution is -2.00. The van der Waals surface area contributed by atoms with Crippen molar-refractivity contribution in [3.05, 3.63) is 152 Å². The number of fused-ring (bicyclic) bond motifs is 8.